The third-order valence-electron chi connectivity index (χ3n) is 1.77. The summed E-state index contributed by atoms with van der Waals surface area (Å²) in [5.74, 6) is -0.885. The van der Waals surface area contributed by atoms with E-state index in [-0.39, 0.29) is 24.0 Å². The molecule has 0 saturated heterocycles. The minimum absolute atomic E-state index is 0.0515. The first kappa shape index (κ1) is 11.3. The van der Waals surface area contributed by atoms with Crippen molar-refractivity contribution in [3.8, 4) is 5.75 Å². The number of aromatic carboxylic acids is 1. The molecule has 0 bridgehead atoms. The minimum atomic E-state index is -1.07. The average molecular weight is 210 g/mol. The van der Waals surface area contributed by atoms with Crippen LogP contribution in [0.3, 0.4) is 0 Å². The third kappa shape index (κ3) is 2.85. The molecular formula is C10H14N2O3. The molecule has 0 aliphatic heterocycles. The Bertz CT molecular complexity index is 364. The SMILES string of the molecule is CC(N)COc1c(N)cccc1C(=O)O. The molecule has 0 spiro atoms. The van der Waals surface area contributed by atoms with Crippen molar-refractivity contribution in [2.45, 2.75) is 13.0 Å². The molecule has 1 aromatic carbocycles. The largest absolute Gasteiger partial charge is 0.489 e. The van der Waals surface area contributed by atoms with Crippen LogP contribution in [0.5, 0.6) is 5.75 Å². The van der Waals surface area contributed by atoms with Crippen molar-refractivity contribution >= 4 is 11.7 Å². The topological polar surface area (TPSA) is 98.6 Å². The number of benzene rings is 1. The maximum atomic E-state index is 10.9. The number of nitrogen functional groups attached to an aromatic ring is 1. The quantitative estimate of drug-likeness (QED) is 0.635. The van der Waals surface area contributed by atoms with E-state index in [2.05, 4.69) is 0 Å². The van der Waals surface area contributed by atoms with E-state index in [0.29, 0.717) is 5.69 Å². The standard InChI is InChI=1S/C10H14N2O3/c1-6(11)5-15-9-7(10(13)14)3-2-4-8(9)12/h2-4,6H,5,11-12H2,1H3,(H,13,14). The van der Waals surface area contributed by atoms with Gasteiger partial charge in [-0.05, 0) is 19.1 Å². The predicted octanol–water partition coefficient (Wildman–Crippen LogP) is 0.693. The zero-order valence-electron chi connectivity index (χ0n) is 8.43. The number of nitrogens with two attached hydrogens (primary N) is 2. The van der Waals surface area contributed by atoms with Gasteiger partial charge < -0.3 is 21.3 Å². The Morgan fingerprint density at radius 2 is 2.27 bits per heavy atom. The molecule has 1 atom stereocenters. The van der Waals surface area contributed by atoms with E-state index in [1.165, 1.54) is 6.07 Å². The van der Waals surface area contributed by atoms with Crippen molar-refractivity contribution in [3.63, 3.8) is 0 Å². The van der Waals surface area contributed by atoms with Gasteiger partial charge in [-0.2, -0.15) is 0 Å². The summed E-state index contributed by atoms with van der Waals surface area (Å²) in [7, 11) is 0. The van der Waals surface area contributed by atoms with Gasteiger partial charge in [0.1, 0.15) is 12.2 Å². The van der Waals surface area contributed by atoms with Crippen LogP contribution in [0.1, 0.15) is 17.3 Å². The number of carboxylic acid groups (broad SMARTS) is 1. The summed E-state index contributed by atoms with van der Waals surface area (Å²) in [4.78, 5) is 10.9. The summed E-state index contributed by atoms with van der Waals surface area (Å²) in [6, 6.07) is 4.42. The van der Waals surface area contributed by atoms with Crippen LogP contribution in [0.2, 0.25) is 0 Å². The van der Waals surface area contributed by atoms with Crippen LogP contribution in [0.4, 0.5) is 5.69 Å². The number of ether oxygens (including phenoxy) is 1. The highest BCUT2D eigenvalue weighted by atomic mass is 16.5. The van der Waals surface area contributed by atoms with Crippen LogP contribution < -0.4 is 16.2 Å². The second kappa shape index (κ2) is 4.65. The lowest BCUT2D eigenvalue weighted by Crippen LogP contribution is -2.24. The summed E-state index contributed by atoms with van der Waals surface area (Å²) in [5, 5.41) is 8.89. The van der Waals surface area contributed by atoms with Gasteiger partial charge in [0, 0.05) is 6.04 Å². The van der Waals surface area contributed by atoms with Gasteiger partial charge in [0.25, 0.3) is 0 Å². The summed E-state index contributed by atoms with van der Waals surface area (Å²) in [5.41, 5.74) is 11.5. The number of carboxylic acids is 1. The third-order valence-corrected chi connectivity index (χ3v) is 1.77. The predicted molar refractivity (Wildman–Crippen MR) is 57.0 cm³/mol. The molecule has 5 N–H and O–H groups in total. The van der Waals surface area contributed by atoms with Gasteiger partial charge in [-0.15, -0.1) is 0 Å². The summed E-state index contributed by atoms with van der Waals surface area (Å²) in [6.45, 7) is 1.99. The summed E-state index contributed by atoms with van der Waals surface area (Å²) < 4.78 is 5.26. The zero-order chi connectivity index (χ0) is 11.4. The van der Waals surface area contributed by atoms with E-state index in [0.717, 1.165) is 0 Å². The monoisotopic (exact) mass is 210 g/mol. The summed E-state index contributed by atoms with van der Waals surface area (Å²) in [6.07, 6.45) is 0. The van der Waals surface area contributed by atoms with Crippen molar-refractivity contribution in [2.75, 3.05) is 12.3 Å². The first-order valence-corrected chi connectivity index (χ1v) is 4.52. The first-order chi connectivity index (χ1) is 7.02. The normalized spacial score (nSPS) is 12.1. The molecule has 0 aromatic heterocycles. The molecule has 0 radical (unpaired) electrons. The van der Waals surface area contributed by atoms with E-state index < -0.39 is 5.97 Å². The smallest absolute Gasteiger partial charge is 0.339 e. The highest BCUT2D eigenvalue weighted by molar-refractivity contribution is 5.93. The molecule has 1 aromatic rings. The fourth-order valence-electron chi connectivity index (χ4n) is 1.10. The number of hydrogen-bond acceptors (Lipinski definition) is 4. The van der Waals surface area contributed by atoms with E-state index in [4.69, 9.17) is 21.3 Å². The van der Waals surface area contributed by atoms with Gasteiger partial charge in [-0.3, -0.25) is 0 Å². The average Bonchev–Trinajstić information content (AvgIpc) is 2.15. The van der Waals surface area contributed by atoms with E-state index >= 15 is 0 Å². The van der Waals surface area contributed by atoms with Crippen molar-refractivity contribution < 1.29 is 14.6 Å². The lowest BCUT2D eigenvalue weighted by molar-refractivity contribution is 0.0692. The maximum Gasteiger partial charge on any atom is 0.339 e. The Morgan fingerprint density at radius 3 is 2.80 bits per heavy atom. The Balaban J connectivity index is 2.97. The Morgan fingerprint density at radius 1 is 1.60 bits per heavy atom. The van der Waals surface area contributed by atoms with Gasteiger partial charge in [-0.25, -0.2) is 4.79 Å². The van der Waals surface area contributed by atoms with Gasteiger partial charge >= 0.3 is 5.97 Å². The number of carbonyl (C=O) groups is 1. The molecule has 0 heterocycles. The molecule has 1 unspecified atom stereocenters. The molecule has 1 rings (SSSR count). The number of rotatable bonds is 4. The van der Waals surface area contributed by atoms with Gasteiger partial charge in [0.05, 0.1) is 5.69 Å². The van der Waals surface area contributed by atoms with Crippen LogP contribution in [0.15, 0.2) is 18.2 Å². The lowest BCUT2D eigenvalue weighted by Gasteiger charge is -2.12. The molecule has 0 amide bonds. The lowest BCUT2D eigenvalue weighted by atomic mass is 10.2. The Hall–Kier alpha value is -1.75. The minimum Gasteiger partial charge on any atom is -0.489 e. The zero-order valence-corrected chi connectivity index (χ0v) is 8.43. The van der Waals surface area contributed by atoms with Crippen LogP contribution >= 0.6 is 0 Å². The van der Waals surface area contributed by atoms with Crippen LogP contribution in [-0.4, -0.2) is 23.7 Å². The Labute approximate surface area is 87.6 Å². The molecule has 82 valence electrons. The van der Waals surface area contributed by atoms with Crippen LogP contribution in [0, 0.1) is 0 Å². The number of hydrogen-bond donors (Lipinski definition) is 3. The molecule has 5 nitrogen and oxygen atoms in total. The molecule has 0 saturated carbocycles. The molecular weight excluding hydrogens is 196 g/mol. The highest BCUT2D eigenvalue weighted by Crippen LogP contribution is 2.26. The summed E-state index contributed by atoms with van der Waals surface area (Å²) >= 11 is 0. The van der Waals surface area contributed by atoms with Crippen molar-refractivity contribution in [2.24, 2.45) is 5.73 Å². The van der Waals surface area contributed by atoms with Crippen molar-refractivity contribution in [3.05, 3.63) is 23.8 Å². The van der Waals surface area contributed by atoms with Crippen molar-refractivity contribution in [1.29, 1.82) is 0 Å². The van der Waals surface area contributed by atoms with Crippen LogP contribution in [-0.2, 0) is 0 Å². The molecule has 0 fully saturated rings. The molecule has 5 heteroatoms. The van der Waals surface area contributed by atoms with Crippen LogP contribution in [0.25, 0.3) is 0 Å². The number of anilines is 1. The van der Waals surface area contributed by atoms with E-state index in [1.807, 2.05) is 0 Å². The molecule has 15 heavy (non-hydrogen) atoms. The maximum absolute atomic E-state index is 10.9. The molecule has 0 aliphatic carbocycles. The van der Waals surface area contributed by atoms with E-state index in [9.17, 15) is 4.79 Å². The number of para-hydroxylation sites is 1. The van der Waals surface area contributed by atoms with Gasteiger partial charge in [-0.1, -0.05) is 6.07 Å². The van der Waals surface area contributed by atoms with Crippen molar-refractivity contribution in [1.82, 2.24) is 0 Å². The van der Waals surface area contributed by atoms with E-state index in [1.54, 1.807) is 19.1 Å². The fraction of sp³-hybridized carbons (Fsp3) is 0.300. The first-order valence-electron chi connectivity index (χ1n) is 4.52. The second-order valence-corrected chi connectivity index (χ2v) is 3.32. The van der Waals surface area contributed by atoms with Gasteiger partial charge in [0.15, 0.2) is 5.75 Å². The fourth-order valence-corrected chi connectivity index (χ4v) is 1.10. The second-order valence-electron chi connectivity index (χ2n) is 3.32. The Kier molecular flexibility index (Phi) is 3.51. The molecule has 0 aliphatic rings. The van der Waals surface area contributed by atoms with Gasteiger partial charge in [0.2, 0.25) is 0 Å². The highest BCUT2D eigenvalue weighted by Gasteiger charge is 2.14.